The molecule has 1 amide bonds. The van der Waals surface area contributed by atoms with E-state index in [1.807, 2.05) is 54.6 Å². The second-order valence-corrected chi connectivity index (χ2v) is 10.2. The molecule has 2 N–H and O–H groups in total. The lowest BCUT2D eigenvalue weighted by Gasteiger charge is -2.27. The van der Waals surface area contributed by atoms with Crippen LogP contribution in [0.1, 0.15) is 53.7 Å². The average Bonchev–Trinajstić information content (AvgIpc) is 2.96. The molecule has 40 heavy (non-hydrogen) atoms. The van der Waals surface area contributed by atoms with Crippen LogP contribution in [-0.4, -0.2) is 43.2 Å². The topological polar surface area (TPSA) is 98.8 Å². The molecule has 1 fully saturated rings. The summed E-state index contributed by atoms with van der Waals surface area (Å²) in [5, 5.41) is 6.27. The van der Waals surface area contributed by atoms with Crippen LogP contribution >= 0.6 is 0 Å². The van der Waals surface area contributed by atoms with Gasteiger partial charge in [-0.05, 0) is 67.0 Å². The number of rotatable bonds is 11. The lowest BCUT2D eigenvalue weighted by Crippen LogP contribution is -2.33. The van der Waals surface area contributed by atoms with Gasteiger partial charge in [0.2, 0.25) is 11.8 Å². The van der Waals surface area contributed by atoms with Gasteiger partial charge in [0.1, 0.15) is 6.61 Å². The van der Waals surface area contributed by atoms with Crippen LogP contribution in [0.15, 0.2) is 72.8 Å². The van der Waals surface area contributed by atoms with E-state index in [0.717, 1.165) is 49.2 Å². The third-order valence-corrected chi connectivity index (χ3v) is 7.24. The highest BCUT2D eigenvalue weighted by atomic mass is 16.5. The van der Waals surface area contributed by atoms with Gasteiger partial charge in [0.15, 0.2) is 0 Å². The van der Waals surface area contributed by atoms with Gasteiger partial charge in [-0.25, -0.2) is 9.78 Å². The van der Waals surface area contributed by atoms with E-state index in [4.69, 9.17) is 19.2 Å². The van der Waals surface area contributed by atoms with Crippen molar-refractivity contribution < 1.29 is 23.8 Å². The van der Waals surface area contributed by atoms with Crippen LogP contribution in [0.5, 0.6) is 5.88 Å². The summed E-state index contributed by atoms with van der Waals surface area (Å²) in [6.07, 6.45) is 6.31. The molecule has 2 aliphatic rings. The quantitative estimate of drug-likeness (QED) is 0.293. The van der Waals surface area contributed by atoms with Gasteiger partial charge < -0.3 is 24.8 Å². The van der Waals surface area contributed by atoms with Crippen LogP contribution in [0.3, 0.4) is 0 Å². The third kappa shape index (κ3) is 7.48. The largest absolute Gasteiger partial charge is 0.473 e. The number of hydrogen-bond donors (Lipinski definition) is 2. The minimum Gasteiger partial charge on any atom is -0.473 e. The number of hydrogen-bond acceptors (Lipinski definition) is 7. The molecule has 0 bridgehead atoms. The van der Waals surface area contributed by atoms with Crippen molar-refractivity contribution in [3.05, 3.63) is 89.6 Å². The number of pyridine rings is 1. The molecule has 1 aromatic heterocycles. The maximum atomic E-state index is 12.9. The summed E-state index contributed by atoms with van der Waals surface area (Å²) in [5.74, 6) is 0.309. The Morgan fingerprint density at radius 2 is 1.85 bits per heavy atom. The highest BCUT2D eigenvalue weighted by Crippen LogP contribution is 2.32. The maximum Gasteiger partial charge on any atom is 0.337 e. The van der Waals surface area contributed by atoms with E-state index in [9.17, 15) is 9.59 Å². The fourth-order valence-electron chi connectivity index (χ4n) is 4.90. The van der Waals surface area contributed by atoms with E-state index in [-0.39, 0.29) is 17.9 Å². The van der Waals surface area contributed by atoms with Crippen molar-refractivity contribution in [2.45, 2.75) is 44.8 Å². The molecular formula is C32H35N3O5. The third-order valence-electron chi connectivity index (χ3n) is 7.24. The van der Waals surface area contributed by atoms with Crippen molar-refractivity contribution in [1.29, 1.82) is 0 Å². The molecule has 8 nitrogen and oxygen atoms in total. The van der Waals surface area contributed by atoms with E-state index in [1.54, 1.807) is 12.1 Å². The molecule has 2 heterocycles. The van der Waals surface area contributed by atoms with Gasteiger partial charge in [-0.1, -0.05) is 42.5 Å². The summed E-state index contributed by atoms with van der Waals surface area (Å²) in [4.78, 5) is 29.8. The second kappa shape index (κ2) is 13.3. The van der Waals surface area contributed by atoms with Crippen LogP contribution in [0.4, 0.5) is 11.4 Å². The highest BCUT2D eigenvalue weighted by Gasteiger charge is 2.21. The minimum atomic E-state index is -0.452. The summed E-state index contributed by atoms with van der Waals surface area (Å²) in [5.41, 5.74) is 4.87. The standard InChI is InChI=1S/C32H35N3O5/c1-38-32(37)25-17-26(33-20-28-14-15-39-28)19-27(18-25)34-30(36)16-22-10-12-24(13-11-22)29-8-5-9-31(35-29)40-21-23-6-3-2-4-7-23/h2-9,12,17-19,22,28,33H,10-11,13-16,20-21H2,1H3,(H,34,36)/t22?,28-/m0/s1. The first-order valence-corrected chi connectivity index (χ1v) is 13.8. The molecule has 2 aromatic carbocycles. The smallest absolute Gasteiger partial charge is 0.337 e. The van der Waals surface area contributed by atoms with Crippen molar-refractivity contribution in [3.63, 3.8) is 0 Å². The molecular weight excluding hydrogens is 506 g/mol. The highest BCUT2D eigenvalue weighted by molar-refractivity contribution is 5.96. The van der Waals surface area contributed by atoms with Crippen molar-refractivity contribution in [1.82, 2.24) is 4.98 Å². The number of esters is 1. The van der Waals surface area contributed by atoms with Crippen LogP contribution in [0, 0.1) is 5.92 Å². The fraction of sp³-hybridized carbons (Fsp3) is 0.344. The molecule has 1 unspecified atom stereocenters. The lowest BCUT2D eigenvalue weighted by atomic mass is 9.86. The van der Waals surface area contributed by atoms with Crippen LogP contribution in [-0.2, 0) is 20.9 Å². The van der Waals surface area contributed by atoms with Gasteiger partial charge in [0, 0.05) is 37.0 Å². The molecule has 1 aliphatic carbocycles. The van der Waals surface area contributed by atoms with Crippen LogP contribution in [0.25, 0.3) is 5.57 Å². The Morgan fingerprint density at radius 1 is 1.02 bits per heavy atom. The van der Waals surface area contributed by atoms with E-state index in [0.29, 0.717) is 36.7 Å². The van der Waals surface area contributed by atoms with E-state index in [1.165, 1.54) is 12.7 Å². The van der Waals surface area contributed by atoms with Crippen LogP contribution in [0.2, 0.25) is 0 Å². The van der Waals surface area contributed by atoms with Crippen molar-refractivity contribution in [2.75, 3.05) is 30.9 Å². The van der Waals surface area contributed by atoms with E-state index >= 15 is 0 Å². The SMILES string of the molecule is COC(=O)c1cc(NC[C@@H]2CCO2)cc(NC(=O)CC2CC=C(c3cccc(OCc4ccccc4)n3)CC2)c1. The Balaban J connectivity index is 1.15. The van der Waals surface area contributed by atoms with Gasteiger partial charge in [0.25, 0.3) is 0 Å². The first-order valence-electron chi connectivity index (χ1n) is 13.8. The number of carbonyl (C=O) groups is 2. The van der Waals surface area contributed by atoms with Crippen molar-refractivity contribution >= 4 is 28.8 Å². The zero-order chi connectivity index (χ0) is 27.7. The average molecular weight is 542 g/mol. The normalized spacial score (nSPS) is 18.2. The number of benzene rings is 2. The Labute approximate surface area is 234 Å². The Morgan fingerprint density at radius 3 is 2.58 bits per heavy atom. The molecule has 1 saturated heterocycles. The van der Waals surface area contributed by atoms with Crippen molar-refractivity contribution in [3.8, 4) is 5.88 Å². The molecule has 0 spiro atoms. The number of methoxy groups -OCH3 is 1. The minimum absolute atomic E-state index is 0.0772. The number of allylic oxidation sites excluding steroid dienone is 2. The number of anilines is 2. The Kier molecular flexibility index (Phi) is 9.08. The predicted octanol–water partition coefficient (Wildman–Crippen LogP) is 5.86. The first kappa shape index (κ1) is 27.4. The summed E-state index contributed by atoms with van der Waals surface area (Å²) in [6, 6.07) is 21.1. The molecule has 208 valence electrons. The molecule has 0 saturated carbocycles. The maximum absolute atomic E-state index is 12.9. The Hall–Kier alpha value is -4.17. The molecule has 8 heteroatoms. The van der Waals surface area contributed by atoms with Gasteiger partial charge in [0.05, 0.1) is 24.5 Å². The molecule has 1 aliphatic heterocycles. The molecule has 2 atom stereocenters. The molecule has 3 aromatic rings. The molecule has 5 rings (SSSR count). The zero-order valence-corrected chi connectivity index (χ0v) is 22.7. The van der Waals surface area contributed by atoms with Crippen molar-refractivity contribution in [2.24, 2.45) is 5.92 Å². The number of aromatic nitrogens is 1. The number of ether oxygens (including phenoxy) is 3. The van der Waals surface area contributed by atoms with E-state index in [2.05, 4.69) is 16.7 Å². The Bertz CT molecular complexity index is 1350. The number of amides is 1. The van der Waals surface area contributed by atoms with E-state index < -0.39 is 5.97 Å². The van der Waals surface area contributed by atoms with Crippen LogP contribution < -0.4 is 15.4 Å². The lowest BCUT2D eigenvalue weighted by molar-refractivity contribution is -0.117. The van der Waals surface area contributed by atoms with Gasteiger partial charge >= 0.3 is 5.97 Å². The summed E-state index contributed by atoms with van der Waals surface area (Å²) >= 11 is 0. The number of nitrogens with zero attached hydrogens (tertiary/aromatic N) is 1. The summed E-state index contributed by atoms with van der Waals surface area (Å²) in [6.45, 7) is 1.90. The molecule has 0 radical (unpaired) electrons. The zero-order valence-electron chi connectivity index (χ0n) is 22.7. The summed E-state index contributed by atoms with van der Waals surface area (Å²) in [7, 11) is 1.34. The second-order valence-electron chi connectivity index (χ2n) is 10.2. The van der Waals surface area contributed by atoms with Gasteiger partial charge in [-0.2, -0.15) is 0 Å². The number of carbonyl (C=O) groups excluding carboxylic acids is 2. The monoisotopic (exact) mass is 541 g/mol. The summed E-state index contributed by atoms with van der Waals surface area (Å²) < 4.78 is 16.3. The fourth-order valence-corrected chi connectivity index (χ4v) is 4.90. The first-order chi connectivity index (χ1) is 19.6. The van der Waals surface area contributed by atoms with Gasteiger partial charge in [-0.15, -0.1) is 0 Å². The number of nitrogens with one attached hydrogen (secondary N) is 2. The predicted molar refractivity (Wildman–Crippen MR) is 154 cm³/mol. The van der Waals surface area contributed by atoms with Gasteiger partial charge in [-0.3, -0.25) is 4.79 Å².